The van der Waals surface area contributed by atoms with Gasteiger partial charge in [0.05, 0.1) is 5.41 Å². The van der Waals surface area contributed by atoms with Crippen LogP contribution < -0.4 is 5.32 Å². The highest BCUT2D eigenvalue weighted by Gasteiger charge is 2.24. The Morgan fingerprint density at radius 2 is 2.00 bits per heavy atom. The van der Waals surface area contributed by atoms with Gasteiger partial charge in [0, 0.05) is 7.05 Å². The standard InChI is InChI=1S/C6H11NO2/c1-6(2,4-8)5(9)7-3/h4H,1-3H3,(H,7,9). The molecule has 0 saturated heterocycles. The molecule has 0 aliphatic carbocycles. The van der Waals surface area contributed by atoms with Gasteiger partial charge in [-0.15, -0.1) is 0 Å². The fraction of sp³-hybridized carbons (Fsp3) is 0.667. The fourth-order valence-corrected chi connectivity index (χ4v) is 0.376. The summed E-state index contributed by atoms with van der Waals surface area (Å²) in [7, 11) is 1.51. The van der Waals surface area contributed by atoms with Crippen LogP contribution in [0.2, 0.25) is 0 Å². The topological polar surface area (TPSA) is 46.2 Å². The Bertz CT molecular complexity index is 129. The van der Waals surface area contributed by atoms with E-state index in [0.29, 0.717) is 6.29 Å². The molecule has 1 N–H and O–H groups in total. The smallest absolute Gasteiger partial charge is 0.232 e. The zero-order valence-electron chi connectivity index (χ0n) is 5.89. The lowest BCUT2D eigenvalue weighted by atomic mass is 9.95. The molecule has 52 valence electrons. The molecule has 0 heterocycles. The lowest BCUT2D eigenvalue weighted by molar-refractivity contribution is -0.133. The van der Waals surface area contributed by atoms with Crippen molar-refractivity contribution in [3.8, 4) is 0 Å². The van der Waals surface area contributed by atoms with Crippen LogP contribution >= 0.6 is 0 Å². The number of hydrogen-bond donors (Lipinski definition) is 1. The molecule has 0 aliphatic heterocycles. The third kappa shape index (κ3) is 1.83. The molecule has 0 aliphatic rings. The molecule has 0 spiro atoms. The number of carbonyl (C=O) groups is 2. The summed E-state index contributed by atoms with van der Waals surface area (Å²) in [6.45, 7) is 3.14. The van der Waals surface area contributed by atoms with E-state index in [9.17, 15) is 9.59 Å². The Kier molecular flexibility index (Phi) is 2.37. The normalized spacial score (nSPS) is 10.6. The van der Waals surface area contributed by atoms with Crippen molar-refractivity contribution in [3.63, 3.8) is 0 Å². The highest BCUT2D eigenvalue weighted by Crippen LogP contribution is 2.09. The monoisotopic (exact) mass is 129 g/mol. The Balaban J connectivity index is 4.14. The number of aldehydes is 1. The van der Waals surface area contributed by atoms with Crippen molar-refractivity contribution in [1.29, 1.82) is 0 Å². The molecular weight excluding hydrogens is 118 g/mol. The van der Waals surface area contributed by atoms with Gasteiger partial charge in [0.25, 0.3) is 0 Å². The number of rotatable bonds is 2. The van der Waals surface area contributed by atoms with Crippen molar-refractivity contribution in [1.82, 2.24) is 5.32 Å². The van der Waals surface area contributed by atoms with Crippen molar-refractivity contribution < 1.29 is 9.59 Å². The van der Waals surface area contributed by atoms with Gasteiger partial charge in [-0.25, -0.2) is 0 Å². The van der Waals surface area contributed by atoms with E-state index in [1.54, 1.807) is 13.8 Å². The van der Waals surface area contributed by atoms with E-state index >= 15 is 0 Å². The van der Waals surface area contributed by atoms with Gasteiger partial charge in [-0.05, 0) is 13.8 Å². The van der Waals surface area contributed by atoms with Crippen LogP contribution in [0.25, 0.3) is 0 Å². The molecule has 0 rings (SSSR count). The minimum atomic E-state index is -0.880. The average Bonchev–Trinajstić information content (AvgIpc) is 1.86. The Morgan fingerprint density at radius 1 is 1.56 bits per heavy atom. The predicted octanol–water partition coefficient (Wildman–Crippen LogP) is -0.0425. The first-order chi connectivity index (χ1) is 4.04. The van der Waals surface area contributed by atoms with Crippen molar-refractivity contribution in [2.45, 2.75) is 13.8 Å². The molecule has 3 nitrogen and oxygen atoms in total. The first-order valence-electron chi connectivity index (χ1n) is 2.73. The van der Waals surface area contributed by atoms with E-state index in [4.69, 9.17) is 0 Å². The van der Waals surface area contributed by atoms with E-state index in [2.05, 4.69) is 5.32 Å². The second kappa shape index (κ2) is 2.62. The summed E-state index contributed by atoms with van der Waals surface area (Å²) in [6.07, 6.45) is 0.631. The minimum Gasteiger partial charge on any atom is -0.358 e. The second-order valence-electron chi connectivity index (χ2n) is 2.42. The number of amides is 1. The van der Waals surface area contributed by atoms with Crippen molar-refractivity contribution in [2.24, 2.45) is 5.41 Å². The quantitative estimate of drug-likeness (QED) is 0.420. The van der Waals surface area contributed by atoms with Crippen LogP contribution in [0.3, 0.4) is 0 Å². The van der Waals surface area contributed by atoms with Gasteiger partial charge < -0.3 is 10.1 Å². The summed E-state index contributed by atoms with van der Waals surface area (Å²) in [4.78, 5) is 20.9. The fourth-order valence-electron chi connectivity index (χ4n) is 0.376. The lowest BCUT2D eigenvalue weighted by Gasteiger charge is -2.12. The zero-order valence-corrected chi connectivity index (χ0v) is 5.89. The van der Waals surface area contributed by atoms with Gasteiger partial charge in [0.1, 0.15) is 6.29 Å². The molecule has 3 heteroatoms. The predicted molar refractivity (Wildman–Crippen MR) is 33.9 cm³/mol. The van der Waals surface area contributed by atoms with Crippen LogP contribution in [0.1, 0.15) is 13.8 Å². The Labute approximate surface area is 54.4 Å². The maximum Gasteiger partial charge on any atom is 0.232 e. The highest BCUT2D eigenvalue weighted by molar-refractivity contribution is 5.95. The molecule has 0 saturated carbocycles. The number of carbonyl (C=O) groups excluding carboxylic acids is 2. The van der Waals surface area contributed by atoms with E-state index in [0.717, 1.165) is 0 Å². The molecule has 0 aromatic rings. The van der Waals surface area contributed by atoms with Crippen LogP contribution in [0, 0.1) is 5.41 Å². The van der Waals surface area contributed by atoms with Crippen LogP contribution in [0.5, 0.6) is 0 Å². The molecule has 0 bridgehead atoms. The van der Waals surface area contributed by atoms with E-state index < -0.39 is 5.41 Å². The minimum absolute atomic E-state index is 0.252. The zero-order chi connectivity index (χ0) is 7.49. The Morgan fingerprint density at radius 3 is 2.11 bits per heavy atom. The van der Waals surface area contributed by atoms with Gasteiger partial charge in [-0.1, -0.05) is 0 Å². The Hall–Kier alpha value is -0.860. The molecule has 9 heavy (non-hydrogen) atoms. The summed E-state index contributed by atoms with van der Waals surface area (Å²) >= 11 is 0. The van der Waals surface area contributed by atoms with Gasteiger partial charge in [-0.2, -0.15) is 0 Å². The molecule has 0 aromatic heterocycles. The number of nitrogens with one attached hydrogen (secondary N) is 1. The molecule has 0 fully saturated rings. The third-order valence-corrected chi connectivity index (χ3v) is 1.11. The van der Waals surface area contributed by atoms with Crippen LogP contribution in [-0.4, -0.2) is 19.2 Å². The van der Waals surface area contributed by atoms with E-state index in [1.165, 1.54) is 7.05 Å². The molecule has 0 radical (unpaired) electrons. The van der Waals surface area contributed by atoms with Gasteiger partial charge in [0.15, 0.2) is 0 Å². The summed E-state index contributed by atoms with van der Waals surface area (Å²) in [5.41, 5.74) is -0.880. The van der Waals surface area contributed by atoms with Crippen LogP contribution in [-0.2, 0) is 9.59 Å². The van der Waals surface area contributed by atoms with Gasteiger partial charge in [-0.3, -0.25) is 4.79 Å². The SMILES string of the molecule is CNC(=O)C(C)(C)C=O. The molecule has 0 aromatic carbocycles. The van der Waals surface area contributed by atoms with Gasteiger partial charge in [0.2, 0.25) is 5.91 Å². The largest absolute Gasteiger partial charge is 0.358 e. The van der Waals surface area contributed by atoms with Crippen molar-refractivity contribution in [2.75, 3.05) is 7.05 Å². The van der Waals surface area contributed by atoms with Crippen LogP contribution in [0.15, 0.2) is 0 Å². The lowest BCUT2D eigenvalue weighted by Crippen LogP contribution is -2.35. The summed E-state index contributed by atoms with van der Waals surface area (Å²) < 4.78 is 0. The van der Waals surface area contributed by atoms with Crippen LogP contribution in [0.4, 0.5) is 0 Å². The van der Waals surface area contributed by atoms with Gasteiger partial charge >= 0.3 is 0 Å². The number of hydrogen-bond acceptors (Lipinski definition) is 2. The second-order valence-corrected chi connectivity index (χ2v) is 2.42. The molecular formula is C6H11NO2. The first kappa shape index (κ1) is 8.14. The maximum atomic E-state index is 10.7. The average molecular weight is 129 g/mol. The van der Waals surface area contributed by atoms with E-state index in [1.807, 2.05) is 0 Å². The summed E-state index contributed by atoms with van der Waals surface area (Å²) in [6, 6.07) is 0. The summed E-state index contributed by atoms with van der Waals surface area (Å²) in [5.74, 6) is -0.252. The van der Waals surface area contributed by atoms with Crippen molar-refractivity contribution in [3.05, 3.63) is 0 Å². The third-order valence-electron chi connectivity index (χ3n) is 1.11. The maximum absolute atomic E-state index is 10.7. The first-order valence-corrected chi connectivity index (χ1v) is 2.73. The van der Waals surface area contributed by atoms with E-state index in [-0.39, 0.29) is 5.91 Å². The molecule has 0 atom stereocenters. The molecule has 1 amide bonds. The highest BCUT2D eigenvalue weighted by atomic mass is 16.2. The molecule has 0 unspecified atom stereocenters. The van der Waals surface area contributed by atoms with Crippen molar-refractivity contribution >= 4 is 12.2 Å². The summed E-state index contributed by atoms with van der Waals surface area (Å²) in [5, 5.41) is 2.39.